The molecule has 9 nitrogen and oxygen atoms in total. The fourth-order valence-corrected chi connectivity index (χ4v) is 1.58. The molecule has 0 saturated heterocycles. The van der Waals surface area contributed by atoms with Crippen LogP contribution in [0.2, 0.25) is 0 Å². The molecule has 0 bridgehead atoms. The number of pyridine rings is 1. The third-order valence-electron chi connectivity index (χ3n) is 2.57. The summed E-state index contributed by atoms with van der Waals surface area (Å²) >= 11 is 0. The van der Waals surface area contributed by atoms with Gasteiger partial charge >= 0.3 is 11.8 Å². The summed E-state index contributed by atoms with van der Waals surface area (Å²) in [6.45, 7) is 0. The number of para-hydroxylation sites is 2. The summed E-state index contributed by atoms with van der Waals surface area (Å²) in [6, 6.07) is 8.12. The average Bonchev–Trinajstić information content (AvgIpc) is 2.49. The predicted octanol–water partition coefficient (Wildman–Crippen LogP) is 1.27. The number of benzene rings is 1. The first-order valence-corrected chi connectivity index (χ1v) is 5.99. The molecule has 0 aliphatic rings. The number of anilines is 2. The minimum atomic E-state index is -1.13. The van der Waals surface area contributed by atoms with Crippen LogP contribution in [0.4, 0.5) is 17.2 Å². The molecular formula is C13H10N4O5. The van der Waals surface area contributed by atoms with E-state index in [0.29, 0.717) is 0 Å². The van der Waals surface area contributed by atoms with Crippen molar-refractivity contribution in [2.75, 3.05) is 10.6 Å². The maximum Gasteiger partial charge on any atom is 0.315 e. The van der Waals surface area contributed by atoms with Gasteiger partial charge in [-0.1, -0.05) is 12.1 Å². The molecule has 22 heavy (non-hydrogen) atoms. The second-order valence-electron chi connectivity index (χ2n) is 4.05. The van der Waals surface area contributed by atoms with Gasteiger partial charge in [-0.05, 0) is 18.2 Å². The molecular weight excluding hydrogens is 292 g/mol. The summed E-state index contributed by atoms with van der Waals surface area (Å²) in [7, 11) is 0. The number of hydrogen-bond donors (Lipinski definition) is 3. The molecule has 2 amide bonds. The first-order chi connectivity index (χ1) is 10.5. The van der Waals surface area contributed by atoms with Crippen molar-refractivity contribution >= 4 is 29.0 Å². The number of rotatable bonds is 3. The lowest BCUT2D eigenvalue weighted by Gasteiger charge is -2.07. The number of nitrogens with one attached hydrogen (secondary N) is 2. The van der Waals surface area contributed by atoms with Crippen LogP contribution in [0.15, 0.2) is 42.6 Å². The third kappa shape index (κ3) is 3.33. The molecule has 0 radical (unpaired) electrons. The van der Waals surface area contributed by atoms with Crippen LogP contribution in [-0.4, -0.2) is 26.8 Å². The first-order valence-electron chi connectivity index (χ1n) is 5.99. The number of carbonyl (C=O) groups excluding carboxylic acids is 2. The summed E-state index contributed by atoms with van der Waals surface area (Å²) in [5.74, 6) is -2.74. The van der Waals surface area contributed by atoms with E-state index >= 15 is 0 Å². The van der Waals surface area contributed by atoms with Gasteiger partial charge in [-0.3, -0.25) is 25.0 Å². The second-order valence-corrected chi connectivity index (χ2v) is 4.05. The number of hydrogen-bond acceptors (Lipinski definition) is 6. The Morgan fingerprint density at radius 2 is 1.77 bits per heavy atom. The van der Waals surface area contributed by atoms with E-state index in [1.165, 1.54) is 42.6 Å². The van der Waals surface area contributed by atoms with Gasteiger partial charge in [-0.2, -0.15) is 0 Å². The highest BCUT2D eigenvalue weighted by Gasteiger charge is 2.20. The Kier molecular flexibility index (Phi) is 4.27. The topological polar surface area (TPSA) is 134 Å². The van der Waals surface area contributed by atoms with Crippen LogP contribution in [0, 0.1) is 10.1 Å². The van der Waals surface area contributed by atoms with E-state index < -0.39 is 16.7 Å². The SMILES string of the molecule is O=C(Nc1ccccc1[N+](=O)[O-])C(=O)Nc1ncccc1O. The molecule has 0 atom stereocenters. The van der Waals surface area contributed by atoms with Crippen molar-refractivity contribution in [1.29, 1.82) is 0 Å². The van der Waals surface area contributed by atoms with Crippen LogP contribution in [0.5, 0.6) is 5.75 Å². The Morgan fingerprint density at radius 1 is 1.09 bits per heavy atom. The predicted molar refractivity (Wildman–Crippen MR) is 76.3 cm³/mol. The lowest BCUT2D eigenvalue weighted by molar-refractivity contribution is -0.383. The van der Waals surface area contributed by atoms with Gasteiger partial charge in [0.15, 0.2) is 11.6 Å². The van der Waals surface area contributed by atoms with Gasteiger partial charge in [0, 0.05) is 12.3 Å². The van der Waals surface area contributed by atoms with Crippen molar-refractivity contribution in [3.8, 4) is 5.75 Å². The Hall–Kier alpha value is -3.49. The second kappa shape index (κ2) is 6.31. The van der Waals surface area contributed by atoms with Crippen molar-refractivity contribution in [3.63, 3.8) is 0 Å². The number of nitro benzene ring substituents is 1. The Balaban J connectivity index is 2.11. The molecule has 1 aromatic heterocycles. The van der Waals surface area contributed by atoms with E-state index in [9.17, 15) is 24.8 Å². The fourth-order valence-electron chi connectivity index (χ4n) is 1.58. The molecule has 0 aliphatic carbocycles. The average molecular weight is 302 g/mol. The molecule has 2 aromatic rings. The van der Waals surface area contributed by atoms with E-state index in [-0.39, 0.29) is 22.9 Å². The minimum Gasteiger partial charge on any atom is -0.504 e. The van der Waals surface area contributed by atoms with Gasteiger partial charge in [-0.25, -0.2) is 4.98 Å². The lowest BCUT2D eigenvalue weighted by atomic mass is 10.2. The van der Waals surface area contributed by atoms with Crippen molar-refractivity contribution in [2.24, 2.45) is 0 Å². The summed E-state index contributed by atoms with van der Waals surface area (Å²) < 4.78 is 0. The van der Waals surface area contributed by atoms with Crippen molar-refractivity contribution in [3.05, 3.63) is 52.7 Å². The number of aromatic hydroxyl groups is 1. The number of nitro groups is 1. The summed E-state index contributed by atoms with van der Waals surface area (Å²) in [6.07, 6.45) is 1.31. The third-order valence-corrected chi connectivity index (χ3v) is 2.57. The monoisotopic (exact) mass is 302 g/mol. The molecule has 112 valence electrons. The van der Waals surface area contributed by atoms with Crippen LogP contribution < -0.4 is 10.6 Å². The maximum absolute atomic E-state index is 11.7. The van der Waals surface area contributed by atoms with E-state index in [2.05, 4.69) is 15.6 Å². The smallest absolute Gasteiger partial charge is 0.315 e. The number of carbonyl (C=O) groups is 2. The van der Waals surface area contributed by atoms with Gasteiger partial charge in [-0.15, -0.1) is 0 Å². The Morgan fingerprint density at radius 3 is 2.45 bits per heavy atom. The van der Waals surface area contributed by atoms with Crippen LogP contribution in [0.25, 0.3) is 0 Å². The standard InChI is InChI=1S/C13H10N4O5/c18-10-6-3-7-14-11(10)16-13(20)12(19)15-8-4-1-2-5-9(8)17(21)22/h1-7,18H,(H,15,19)(H,14,16,20). The molecule has 0 saturated carbocycles. The van der Waals surface area contributed by atoms with Crippen LogP contribution in [-0.2, 0) is 9.59 Å². The number of aromatic nitrogens is 1. The van der Waals surface area contributed by atoms with E-state index in [4.69, 9.17) is 0 Å². The van der Waals surface area contributed by atoms with Gasteiger partial charge < -0.3 is 10.4 Å². The van der Waals surface area contributed by atoms with Gasteiger partial charge in [0.25, 0.3) is 5.69 Å². The minimum absolute atomic E-state index is 0.113. The van der Waals surface area contributed by atoms with E-state index in [1.54, 1.807) is 0 Å². The molecule has 0 aliphatic heterocycles. The summed E-state index contributed by atoms with van der Waals surface area (Å²) in [5.41, 5.74) is -0.456. The van der Waals surface area contributed by atoms with Crippen LogP contribution in [0.1, 0.15) is 0 Å². The summed E-state index contributed by atoms with van der Waals surface area (Å²) in [4.78, 5) is 37.3. The Bertz CT molecular complexity index is 747. The normalized spacial score (nSPS) is 9.82. The number of nitrogens with zero attached hydrogens (tertiary/aromatic N) is 2. The van der Waals surface area contributed by atoms with Gasteiger partial charge in [0.05, 0.1) is 4.92 Å². The van der Waals surface area contributed by atoms with Crippen LogP contribution >= 0.6 is 0 Å². The van der Waals surface area contributed by atoms with E-state index in [0.717, 1.165) is 0 Å². The molecule has 1 aromatic carbocycles. The lowest BCUT2D eigenvalue weighted by Crippen LogP contribution is -2.29. The summed E-state index contributed by atoms with van der Waals surface area (Å²) in [5, 5.41) is 24.5. The highest BCUT2D eigenvalue weighted by molar-refractivity contribution is 6.43. The fraction of sp³-hybridized carbons (Fsp3) is 0. The molecule has 0 unspecified atom stereocenters. The van der Waals surface area contributed by atoms with E-state index in [1.807, 2.05) is 0 Å². The highest BCUT2D eigenvalue weighted by Crippen LogP contribution is 2.23. The van der Waals surface area contributed by atoms with Crippen LogP contribution in [0.3, 0.4) is 0 Å². The number of amides is 2. The molecule has 1 heterocycles. The van der Waals surface area contributed by atoms with Crippen molar-refractivity contribution in [1.82, 2.24) is 4.98 Å². The van der Waals surface area contributed by atoms with Crippen molar-refractivity contribution in [2.45, 2.75) is 0 Å². The molecule has 2 rings (SSSR count). The van der Waals surface area contributed by atoms with Gasteiger partial charge in [0.2, 0.25) is 0 Å². The zero-order valence-electron chi connectivity index (χ0n) is 11.0. The maximum atomic E-state index is 11.7. The van der Waals surface area contributed by atoms with Crippen molar-refractivity contribution < 1.29 is 19.6 Å². The molecule has 9 heteroatoms. The quantitative estimate of drug-likeness (QED) is 0.444. The van der Waals surface area contributed by atoms with Gasteiger partial charge in [0.1, 0.15) is 5.69 Å². The first kappa shape index (κ1) is 14.9. The zero-order chi connectivity index (χ0) is 16.1. The highest BCUT2D eigenvalue weighted by atomic mass is 16.6. The molecule has 0 fully saturated rings. The Labute approximate surface area is 123 Å². The zero-order valence-corrected chi connectivity index (χ0v) is 11.0. The molecule has 0 spiro atoms. The molecule has 3 N–H and O–H groups in total. The largest absolute Gasteiger partial charge is 0.504 e.